The Morgan fingerprint density at radius 2 is 1.90 bits per heavy atom. The Morgan fingerprint density at radius 1 is 1.28 bits per heavy atom. The molecule has 158 valence electrons. The van der Waals surface area contributed by atoms with Crippen LogP contribution in [0, 0.1) is 11.7 Å². The molecule has 1 saturated heterocycles. The van der Waals surface area contributed by atoms with Gasteiger partial charge in [0.1, 0.15) is 16.6 Å². The molecular weight excluding hydrogens is 393 g/mol. The van der Waals surface area contributed by atoms with Crippen LogP contribution in [-0.4, -0.2) is 44.2 Å². The van der Waals surface area contributed by atoms with E-state index in [1.807, 2.05) is 11.8 Å². The Bertz CT molecular complexity index is 930. The number of likely N-dealkylation sites (tertiary alicyclic amines) is 1. The van der Waals surface area contributed by atoms with Gasteiger partial charge in [0, 0.05) is 30.6 Å². The van der Waals surface area contributed by atoms with E-state index < -0.39 is 15.8 Å². The molecule has 2 aliphatic heterocycles. The van der Waals surface area contributed by atoms with Gasteiger partial charge in [0.25, 0.3) is 10.0 Å². The summed E-state index contributed by atoms with van der Waals surface area (Å²) in [5.74, 6) is 0.126. The summed E-state index contributed by atoms with van der Waals surface area (Å²) in [6.45, 7) is 6.99. The molecule has 2 heterocycles. The van der Waals surface area contributed by atoms with Crippen molar-refractivity contribution in [3.05, 3.63) is 41.2 Å². The summed E-state index contributed by atoms with van der Waals surface area (Å²) in [5, 5.41) is 3.11. The van der Waals surface area contributed by atoms with Crippen molar-refractivity contribution in [3.8, 4) is 0 Å². The first-order valence-corrected chi connectivity index (χ1v) is 11.5. The minimum absolute atomic E-state index is 0.00539. The molecule has 29 heavy (non-hydrogen) atoms. The minimum Gasteiger partial charge on any atom is -0.356 e. The Labute approximate surface area is 171 Å². The van der Waals surface area contributed by atoms with Crippen LogP contribution < -0.4 is 5.32 Å². The summed E-state index contributed by atoms with van der Waals surface area (Å²) in [6.07, 6.45) is 3.32. The fourth-order valence-corrected chi connectivity index (χ4v) is 5.41. The Morgan fingerprint density at radius 3 is 2.48 bits per heavy atom. The van der Waals surface area contributed by atoms with Crippen LogP contribution in [0.4, 0.5) is 4.39 Å². The van der Waals surface area contributed by atoms with E-state index in [2.05, 4.69) is 16.6 Å². The highest BCUT2D eigenvalue weighted by Gasteiger charge is 2.35. The number of rotatable bonds is 5. The maximum Gasteiger partial charge on any atom is 0.285 e. The molecular formula is C21H28FN3O3S. The van der Waals surface area contributed by atoms with Gasteiger partial charge in [-0.05, 0) is 43.9 Å². The number of sulfonamides is 1. The van der Waals surface area contributed by atoms with Crippen LogP contribution in [0.3, 0.4) is 0 Å². The average Bonchev–Trinajstić information content (AvgIpc) is 2.92. The van der Waals surface area contributed by atoms with Crippen molar-refractivity contribution in [1.29, 1.82) is 0 Å². The molecule has 1 N–H and O–H groups in total. The van der Waals surface area contributed by atoms with E-state index in [0.29, 0.717) is 30.1 Å². The fourth-order valence-electron chi connectivity index (χ4n) is 3.93. The Kier molecular flexibility index (Phi) is 6.41. The first-order chi connectivity index (χ1) is 13.7. The normalized spacial score (nSPS) is 20.6. The maximum absolute atomic E-state index is 13.2. The molecule has 1 atom stereocenters. The van der Waals surface area contributed by atoms with E-state index in [-0.39, 0.29) is 22.8 Å². The van der Waals surface area contributed by atoms with Crippen LogP contribution >= 0.6 is 0 Å². The summed E-state index contributed by atoms with van der Waals surface area (Å²) in [6, 6.07) is 5.51. The van der Waals surface area contributed by atoms with Crippen LogP contribution in [0.2, 0.25) is 0 Å². The Balaban J connectivity index is 1.69. The van der Waals surface area contributed by atoms with Crippen molar-refractivity contribution in [1.82, 2.24) is 10.2 Å². The number of nitrogens with zero attached hydrogens (tertiary/aromatic N) is 2. The number of nitrogens with one attached hydrogen (secondary N) is 1. The molecule has 0 saturated carbocycles. The first-order valence-electron chi connectivity index (χ1n) is 10.1. The molecule has 0 aliphatic carbocycles. The van der Waals surface area contributed by atoms with E-state index in [0.717, 1.165) is 25.7 Å². The number of carbonyl (C=O) groups excluding carboxylic acids is 1. The van der Waals surface area contributed by atoms with Crippen LogP contribution in [-0.2, 0) is 14.8 Å². The molecule has 3 rings (SSSR count). The third kappa shape index (κ3) is 4.69. The highest BCUT2D eigenvalue weighted by molar-refractivity contribution is 8.00. The molecule has 0 unspecified atom stereocenters. The standard InChI is InChI=1S/C21H28FN3O3S/c1-4-5-14(2)21(26)23-18-10-12-25(13-11-18)20-15(3)19(29(27,28)24-20)16-6-8-17(22)9-7-16/h6-9,14,18H,4-5,10-13H2,1-3H3,(H,23,26)/t14-/m0/s1. The minimum atomic E-state index is -3.82. The summed E-state index contributed by atoms with van der Waals surface area (Å²) < 4.78 is 42.5. The van der Waals surface area contributed by atoms with Crippen molar-refractivity contribution < 1.29 is 17.6 Å². The number of amides is 1. The van der Waals surface area contributed by atoms with Crippen LogP contribution in [0.5, 0.6) is 0 Å². The predicted molar refractivity (Wildman–Crippen MR) is 112 cm³/mol. The molecule has 0 radical (unpaired) electrons. The van der Waals surface area contributed by atoms with E-state index in [4.69, 9.17) is 0 Å². The van der Waals surface area contributed by atoms with Gasteiger partial charge in [0.05, 0.1) is 0 Å². The quantitative estimate of drug-likeness (QED) is 0.791. The van der Waals surface area contributed by atoms with E-state index in [9.17, 15) is 17.6 Å². The molecule has 0 aromatic heterocycles. The second-order valence-electron chi connectivity index (χ2n) is 7.81. The topological polar surface area (TPSA) is 78.8 Å². The predicted octanol–water partition coefficient (Wildman–Crippen LogP) is 3.32. The molecule has 6 nitrogen and oxygen atoms in total. The summed E-state index contributed by atoms with van der Waals surface area (Å²) in [5.41, 5.74) is 1.02. The van der Waals surface area contributed by atoms with Crippen molar-refractivity contribution in [2.24, 2.45) is 10.3 Å². The van der Waals surface area contributed by atoms with Crippen molar-refractivity contribution in [2.45, 2.75) is 52.5 Å². The monoisotopic (exact) mass is 421 g/mol. The van der Waals surface area contributed by atoms with Crippen LogP contribution in [0.25, 0.3) is 4.91 Å². The van der Waals surface area contributed by atoms with Gasteiger partial charge in [-0.2, -0.15) is 8.42 Å². The van der Waals surface area contributed by atoms with Gasteiger partial charge in [-0.1, -0.05) is 32.4 Å². The lowest BCUT2D eigenvalue weighted by atomic mass is 10.0. The molecule has 0 bridgehead atoms. The summed E-state index contributed by atoms with van der Waals surface area (Å²) in [7, 11) is -3.82. The number of halogens is 1. The van der Waals surface area contributed by atoms with Gasteiger partial charge in [0.2, 0.25) is 5.91 Å². The number of hydrogen-bond acceptors (Lipinski definition) is 4. The zero-order valence-corrected chi connectivity index (χ0v) is 17.9. The second kappa shape index (κ2) is 8.65. The molecule has 1 fully saturated rings. The third-order valence-electron chi connectivity index (χ3n) is 5.56. The van der Waals surface area contributed by atoms with Crippen molar-refractivity contribution >= 4 is 26.7 Å². The molecule has 1 aromatic carbocycles. The van der Waals surface area contributed by atoms with Gasteiger partial charge < -0.3 is 10.2 Å². The highest BCUT2D eigenvalue weighted by atomic mass is 32.2. The van der Waals surface area contributed by atoms with E-state index >= 15 is 0 Å². The molecule has 1 aromatic rings. The van der Waals surface area contributed by atoms with Crippen molar-refractivity contribution in [3.63, 3.8) is 0 Å². The summed E-state index contributed by atoms with van der Waals surface area (Å²) in [4.78, 5) is 14.3. The van der Waals surface area contributed by atoms with Crippen LogP contribution in [0.15, 0.2) is 34.2 Å². The average molecular weight is 422 g/mol. The first kappa shape index (κ1) is 21.5. The highest BCUT2D eigenvalue weighted by Crippen LogP contribution is 2.34. The molecule has 1 amide bonds. The van der Waals surface area contributed by atoms with Gasteiger partial charge in [-0.25, -0.2) is 4.39 Å². The van der Waals surface area contributed by atoms with E-state index in [1.165, 1.54) is 24.3 Å². The molecule has 8 heteroatoms. The van der Waals surface area contributed by atoms with Crippen molar-refractivity contribution in [2.75, 3.05) is 13.1 Å². The van der Waals surface area contributed by atoms with Gasteiger partial charge in [0.15, 0.2) is 0 Å². The number of carbonyl (C=O) groups is 1. The number of hydrogen-bond donors (Lipinski definition) is 1. The molecule has 0 spiro atoms. The van der Waals surface area contributed by atoms with Gasteiger partial charge >= 0.3 is 0 Å². The largest absolute Gasteiger partial charge is 0.356 e. The van der Waals surface area contributed by atoms with Gasteiger partial charge in [-0.15, -0.1) is 4.40 Å². The lowest BCUT2D eigenvalue weighted by molar-refractivity contribution is -0.125. The third-order valence-corrected chi connectivity index (χ3v) is 7.03. The number of amidine groups is 1. The smallest absolute Gasteiger partial charge is 0.285 e. The summed E-state index contributed by atoms with van der Waals surface area (Å²) >= 11 is 0. The fraction of sp³-hybridized carbons (Fsp3) is 0.524. The second-order valence-corrected chi connectivity index (χ2v) is 9.35. The lowest BCUT2D eigenvalue weighted by Crippen LogP contribution is -2.47. The number of piperidine rings is 1. The maximum atomic E-state index is 13.2. The van der Waals surface area contributed by atoms with Crippen LogP contribution in [0.1, 0.15) is 52.0 Å². The zero-order chi connectivity index (χ0) is 21.2. The van der Waals surface area contributed by atoms with Gasteiger partial charge in [-0.3, -0.25) is 4.79 Å². The zero-order valence-electron chi connectivity index (χ0n) is 17.1. The lowest BCUT2D eigenvalue weighted by Gasteiger charge is -2.34. The Hall–Kier alpha value is -2.22. The molecule has 2 aliphatic rings. The number of benzene rings is 1. The SMILES string of the molecule is CCC[C@H](C)C(=O)NC1CCN(C2=NS(=O)(=O)C(c3ccc(F)cc3)=C2C)CC1. The van der Waals surface area contributed by atoms with E-state index in [1.54, 1.807) is 6.92 Å².